The number of aliphatic hydroxyl groups is 1. The fourth-order valence-electron chi connectivity index (χ4n) is 2.26. The second-order valence-corrected chi connectivity index (χ2v) is 6.58. The molecule has 0 aromatic rings. The first-order chi connectivity index (χ1) is 14.8. The van der Waals surface area contributed by atoms with Crippen LogP contribution in [-0.4, -0.2) is 87.6 Å². The number of aliphatic hydroxyl groups excluding tert-OH is 1. The average molecular weight is 462 g/mol. The summed E-state index contributed by atoms with van der Waals surface area (Å²) in [6.07, 6.45) is -2.33. The highest BCUT2D eigenvalue weighted by molar-refractivity contribution is 5.96. The number of carbonyl (C=O) groups excluding carboxylic acids is 5. The van der Waals surface area contributed by atoms with Crippen molar-refractivity contribution in [2.24, 2.45) is 17.2 Å². The molecule has 4 unspecified atom stereocenters. The molecular formula is C16H26N6O10. The molecule has 0 saturated carbocycles. The minimum atomic E-state index is -1.72. The van der Waals surface area contributed by atoms with Gasteiger partial charge in [0.05, 0.1) is 25.5 Å². The van der Waals surface area contributed by atoms with Crippen LogP contribution in [0.1, 0.15) is 25.7 Å². The molecular weight excluding hydrogens is 436 g/mol. The molecule has 0 aromatic heterocycles. The van der Waals surface area contributed by atoms with Crippen molar-refractivity contribution in [3.63, 3.8) is 0 Å². The van der Waals surface area contributed by atoms with Gasteiger partial charge in [-0.25, -0.2) is 4.79 Å². The predicted molar refractivity (Wildman–Crippen MR) is 103 cm³/mol. The Morgan fingerprint density at radius 2 is 1.22 bits per heavy atom. The van der Waals surface area contributed by atoms with Gasteiger partial charge in [0.25, 0.3) is 0 Å². The molecule has 0 aromatic carbocycles. The molecule has 0 rings (SSSR count). The number of hydrogen-bond acceptors (Lipinski definition) is 9. The van der Waals surface area contributed by atoms with E-state index in [9.17, 15) is 33.6 Å². The van der Waals surface area contributed by atoms with E-state index in [-0.39, 0.29) is 6.42 Å². The monoisotopic (exact) mass is 462 g/mol. The van der Waals surface area contributed by atoms with Gasteiger partial charge in [-0.1, -0.05) is 0 Å². The summed E-state index contributed by atoms with van der Waals surface area (Å²) < 4.78 is 0. The van der Waals surface area contributed by atoms with Crippen molar-refractivity contribution in [1.29, 1.82) is 0 Å². The number of aliphatic carboxylic acids is 2. The van der Waals surface area contributed by atoms with Gasteiger partial charge in [0.2, 0.25) is 29.5 Å². The zero-order valence-electron chi connectivity index (χ0n) is 16.8. The normalized spacial score (nSPS) is 14.2. The summed E-state index contributed by atoms with van der Waals surface area (Å²) in [4.78, 5) is 80.9. The first-order valence-electron chi connectivity index (χ1n) is 9.07. The lowest BCUT2D eigenvalue weighted by atomic mass is 10.1. The molecule has 0 saturated heterocycles. The highest BCUT2D eigenvalue weighted by Crippen LogP contribution is 2.02. The van der Waals surface area contributed by atoms with Crippen molar-refractivity contribution >= 4 is 41.5 Å². The van der Waals surface area contributed by atoms with E-state index in [1.54, 1.807) is 0 Å². The molecule has 0 aliphatic rings. The third-order valence-electron chi connectivity index (χ3n) is 3.88. The number of carboxylic acid groups (broad SMARTS) is 2. The van der Waals surface area contributed by atoms with E-state index in [4.69, 9.17) is 32.5 Å². The fraction of sp³-hybridized carbons (Fsp3) is 0.562. The molecule has 5 amide bonds. The lowest BCUT2D eigenvalue weighted by Crippen LogP contribution is -2.58. The largest absolute Gasteiger partial charge is 0.481 e. The minimum Gasteiger partial charge on any atom is -0.481 e. The van der Waals surface area contributed by atoms with Crippen molar-refractivity contribution in [2.45, 2.75) is 49.9 Å². The second kappa shape index (κ2) is 13.5. The molecule has 0 heterocycles. The van der Waals surface area contributed by atoms with E-state index < -0.39 is 91.5 Å². The number of carboxylic acids is 2. The molecule has 0 radical (unpaired) electrons. The lowest BCUT2D eigenvalue weighted by molar-refractivity contribution is -0.143. The third-order valence-corrected chi connectivity index (χ3v) is 3.88. The van der Waals surface area contributed by atoms with Gasteiger partial charge < -0.3 is 48.5 Å². The molecule has 180 valence electrons. The van der Waals surface area contributed by atoms with Crippen molar-refractivity contribution in [3.05, 3.63) is 0 Å². The van der Waals surface area contributed by atoms with Crippen LogP contribution >= 0.6 is 0 Å². The molecule has 32 heavy (non-hydrogen) atoms. The van der Waals surface area contributed by atoms with Crippen LogP contribution in [0.15, 0.2) is 0 Å². The van der Waals surface area contributed by atoms with Gasteiger partial charge in [-0.3, -0.25) is 28.8 Å². The molecule has 0 spiro atoms. The molecule has 0 aliphatic heterocycles. The van der Waals surface area contributed by atoms with Crippen molar-refractivity contribution in [2.75, 3.05) is 6.61 Å². The van der Waals surface area contributed by atoms with Gasteiger partial charge in [-0.2, -0.15) is 0 Å². The number of amides is 5. The van der Waals surface area contributed by atoms with Gasteiger partial charge in [0.1, 0.15) is 18.1 Å². The van der Waals surface area contributed by atoms with Crippen LogP contribution < -0.4 is 33.2 Å². The van der Waals surface area contributed by atoms with Gasteiger partial charge >= 0.3 is 11.9 Å². The molecule has 0 bridgehead atoms. The second-order valence-electron chi connectivity index (χ2n) is 6.58. The van der Waals surface area contributed by atoms with E-state index in [2.05, 4.69) is 5.32 Å². The van der Waals surface area contributed by atoms with E-state index in [1.165, 1.54) is 0 Å². The zero-order chi connectivity index (χ0) is 25.0. The molecule has 0 fully saturated rings. The van der Waals surface area contributed by atoms with Crippen LogP contribution in [0.4, 0.5) is 0 Å². The number of rotatable bonds is 15. The predicted octanol–water partition coefficient (Wildman–Crippen LogP) is -5.54. The number of primary amides is 2. The summed E-state index contributed by atoms with van der Waals surface area (Å²) in [5.74, 6) is -8.21. The summed E-state index contributed by atoms with van der Waals surface area (Å²) in [6, 6.07) is -6.50. The Hall–Kier alpha value is -3.79. The topological polar surface area (TPSA) is 294 Å². The number of nitrogens with one attached hydrogen (secondary N) is 3. The first-order valence-corrected chi connectivity index (χ1v) is 9.07. The molecule has 12 N–H and O–H groups in total. The summed E-state index contributed by atoms with van der Waals surface area (Å²) >= 11 is 0. The van der Waals surface area contributed by atoms with Gasteiger partial charge in [-0.15, -0.1) is 0 Å². The highest BCUT2D eigenvalue weighted by atomic mass is 16.4. The summed E-state index contributed by atoms with van der Waals surface area (Å²) in [7, 11) is 0. The van der Waals surface area contributed by atoms with Gasteiger partial charge in [0, 0.05) is 6.42 Å². The van der Waals surface area contributed by atoms with Crippen LogP contribution in [0.25, 0.3) is 0 Å². The van der Waals surface area contributed by atoms with E-state index >= 15 is 0 Å². The minimum absolute atomic E-state index is 0.388. The Labute approximate surface area is 180 Å². The maximum Gasteiger partial charge on any atom is 0.328 e. The summed E-state index contributed by atoms with van der Waals surface area (Å²) in [5, 5.41) is 32.7. The summed E-state index contributed by atoms with van der Waals surface area (Å²) in [5.41, 5.74) is 15.4. The molecule has 16 nitrogen and oxygen atoms in total. The number of hydrogen-bond donors (Lipinski definition) is 9. The van der Waals surface area contributed by atoms with Crippen molar-refractivity contribution < 1.29 is 48.9 Å². The Kier molecular flexibility index (Phi) is 11.9. The fourth-order valence-corrected chi connectivity index (χ4v) is 2.26. The highest BCUT2D eigenvalue weighted by Gasteiger charge is 2.31. The zero-order valence-corrected chi connectivity index (χ0v) is 16.8. The summed E-state index contributed by atoms with van der Waals surface area (Å²) in [6.45, 7) is -0.973. The maximum absolute atomic E-state index is 12.6. The van der Waals surface area contributed by atoms with E-state index in [1.807, 2.05) is 10.6 Å². The average Bonchev–Trinajstić information content (AvgIpc) is 2.66. The van der Waals surface area contributed by atoms with Crippen LogP contribution in [0, 0.1) is 0 Å². The van der Waals surface area contributed by atoms with E-state index in [0.29, 0.717) is 0 Å². The molecule has 0 aliphatic carbocycles. The van der Waals surface area contributed by atoms with E-state index in [0.717, 1.165) is 0 Å². The Morgan fingerprint density at radius 1 is 0.719 bits per heavy atom. The quantitative estimate of drug-likeness (QED) is 0.110. The Balaban J connectivity index is 5.51. The van der Waals surface area contributed by atoms with Gasteiger partial charge in [-0.05, 0) is 6.42 Å². The Bertz CT molecular complexity index is 758. The van der Waals surface area contributed by atoms with Crippen molar-refractivity contribution in [3.8, 4) is 0 Å². The number of nitrogens with two attached hydrogens (primary N) is 3. The SMILES string of the molecule is NC(=O)CCC(NC(=O)C(CC(N)=O)NC(=O)C(N)CC(=O)O)C(=O)NC(CO)C(=O)O. The van der Waals surface area contributed by atoms with Crippen LogP contribution in [0.5, 0.6) is 0 Å². The smallest absolute Gasteiger partial charge is 0.328 e. The first kappa shape index (κ1) is 28.2. The number of carbonyl (C=O) groups is 7. The standard InChI is InChI=1S/C16H26N6O10/c17-6(3-12(26)27)13(28)21-8(4-11(19)25)15(30)20-7(1-2-10(18)24)14(29)22-9(5-23)16(31)32/h6-9,23H,1-5,17H2,(H2,18,24)(H2,19,25)(H,20,30)(H,21,28)(H,22,29)(H,26,27)(H,31,32). The van der Waals surface area contributed by atoms with Crippen LogP contribution in [0.3, 0.4) is 0 Å². The van der Waals surface area contributed by atoms with Crippen LogP contribution in [-0.2, 0) is 33.6 Å². The van der Waals surface area contributed by atoms with Crippen molar-refractivity contribution in [1.82, 2.24) is 16.0 Å². The Morgan fingerprint density at radius 3 is 1.66 bits per heavy atom. The molecule has 4 atom stereocenters. The molecule has 16 heteroatoms. The lowest BCUT2D eigenvalue weighted by Gasteiger charge is -2.24. The van der Waals surface area contributed by atoms with Gasteiger partial charge in [0.15, 0.2) is 0 Å². The third kappa shape index (κ3) is 10.8. The van der Waals surface area contributed by atoms with Crippen LogP contribution in [0.2, 0.25) is 0 Å². The maximum atomic E-state index is 12.6.